The highest BCUT2D eigenvalue weighted by atomic mass is 19.4. The quantitative estimate of drug-likeness (QED) is 0.629. The second-order valence-electron chi connectivity index (χ2n) is 5.60. The molecule has 3 aromatic carbocycles. The molecule has 2 N–H and O–H groups in total. The molecule has 3 aromatic rings. The monoisotopic (exact) mass is 356 g/mol. The van der Waals surface area contributed by atoms with Gasteiger partial charge in [0, 0.05) is 22.6 Å². The molecule has 3 rings (SSSR count). The van der Waals surface area contributed by atoms with E-state index in [0.29, 0.717) is 5.69 Å². The number of hydrogen-bond donors (Lipinski definition) is 2. The van der Waals surface area contributed by atoms with Gasteiger partial charge in [-0.05, 0) is 60.7 Å². The lowest BCUT2D eigenvalue weighted by Crippen LogP contribution is -2.12. The van der Waals surface area contributed by atoms with Crippen LogP contribution in [0.1, 0.15) is 15.9 Å². The van der Waals surface area contributed by atoms with Gasteiger partial charge < -0.3 is 10.6 Å². The molecule has 0 aromatic heterocycles. The van der Waals surface area contributed by atoms with Crippen LogP contribution in [0.25, 0.3) is 0 Å². The third-order valence-electron chi connectivity index (χ3n) is 3.68. The van der Waals surface area contributed by atoms with E-state index in [9.17, 15) is 18.0 Å². The number of benzene rings is 3. The van der Waals surface area contributed by atoms with Gasteiger partial charge in [-0.3, -0.25) is 4.79 Å². The summed E-state index contributed by atoms with van der Waals surface area (Å²) in [6, 6.07) is 20.7. The molecule has 0 unspecified atom stereocenters. The number of anilines is 3. The maximum absolute atomic E-state index is 12.6. The van der Waals surface area contributed by atoms with Crippen molar-refractivity contribution in [2.45, 2.75) is 6.18 Å². The minimum atomic E-state index is -4.42. The fourth-order valence-electron chi connectivity index (χ4n) is 2.34. The van der Waals surface area contributed by atoms with Gasteiger partial charge in [0.2, 0.25) is 0 Å². The predicted octanol–water partition coefficient (Wildman–Crippen LogP) is 5.70. The highest BCUT2D eigenvalue weighted by Gasteiger charge is 2.30. The van der Waals surface area contributed by atoms with Crippen molar-refractivity contribution in [1.82, 2.24) is 0 Å². The van der Waals surface area contributed by atoms with E-state index in [-0.39, 0.29) is 5.56 Å². The molecule has 132 valence electrons. The zero-order chi connectivity index (χ0) is 18.6. The molecule has 0 atom stereocenters. The van der Waals surface area contributed by atoms with Gasteiger partial charge in [0.15, 0.2) is 0 Å². The van der Waals surface area contributed by atoms with Gasteiger partial charge in [-0.15, -0.1) is 0 Å². The van der Waals surface area contributed by atoms with Crippen molar-refractivity contribution in [3.05, 3.63) is 90.0 Å². The number of nitrogens with one attached hydrogen (secondary N) is 2. The van der Waals surface area contributed by atoms with Crippen LogP contribution in [0.5, 0.6) is 0 Å². The molecular formula is C20H15F3N2O. The second-order valence-corrected chi connectivity index (χ2v) is 5.60. The Hall–Kier alpha value is -3.28. The van der Waals surface area contributed by atoms with Crippen molar-refractivity contribution in [3.63, 3.8) is 0 Å². The molecule has 0 radical (unpaired) electrons. The maximum Gasteiger partial charge on any atom is 0.416 e. The summed E-state index contributed by atoms with van der Waals surface area (Å²) in [6.07, 6.45) is -4.42. The molecule has 0 aliphatic carbocycles. The molecule has 6 heteroatoms. The summed E-state index contributed by atoms with van der Waals surface area (Å²) in [5.74, 6) is -0.470. The topological polar surface area (TPSA) is 41.1 Å². The molecule has 26 heavy (non-hydrogen) atoms. The number of carbonyl (C=O) groups excluding carboxylic acids is 1. The molecule has 0 bridgehead atoms. The molecule has 0 aliphatic heterocycles. The number of alkyl halides is 3. The van der Waals surface area contributed by atoms with E-state index in [4.69, 9.17) is 0 Å². The van der Waals surface area contributed by atoms with Gasteiger partial charge in [0.1, 0.15) is 0 Å². The van der Waals surface area contributed by atoms with E-state index in [0.717, 1.165) is 35.6 Å². The van der Waals surface area contributed by atoms with E-state index in [1.54, 1.807) is 24.3 Å². The van der Waals surface area contributed by atoms with Crippen molar-refractivity contribution >= 4 is 23.0 Å². The summed E-state index contributed by atoms with van der Waals surface area (Å²) < 4.78 is 37.7. The molecule has 0 spiro atoms. The van der Waals surface area contributed by atoms with Crippen LogP contribution in [0.15, 0.2) is 78.9 Å². The number of amides is 1. The van der Waals surface area contributed by atoms with Gasteiger partial charge in [-0.25, -0.2) is 0 Å². The van der Waals surface area contributed by atoms with Crippen molar-refractivity contribution in [1.29, 1.82) is 0 Å². The standard InChI is InChI=1S/C20H15F3N2O/c21-20(22,23)15-8-6-14(7-9-15)19(26)25-18-12-10-17(11-13-18)24-16-4-2-1-3-5-16/h1-13,24H,(H,25,26). The lowest BCUT2D eigenvalue weighted by molar-refractivity contribution is -0.137. The molecule has 0 fully saturated rings. The molecule has 0 aliphatic rings. The van der Waals surface area contributed by atoms with Crippen molar-refractivity contribution in [2.75, 3.05) is 10.6 Å². The average Bonchev–Trinajstić information content (AvgIpc) is 2.63. The highest BCUT2D eigenvalue weighted by molar-refractivity contribution is 6.04. The minimum absolute atomic E-state index is 0.157. The largest absolute Gasteiger partial charge is 0.416 e. The van der Waals surface area contributed by atoms with Crippen LogP contribution < -0.4 is 10.6 Å². The SMILES string of the molecule is O=C(Nc1ccc(Nc2ccccc2)cc1)c1ccc(C(F)(F)F)cc1. The Kier molecular flexibility index (Phi) is 4.93. The number of carbonyl (C=O) groups is 1. The Bertz CT molecular complexity index is 874. The van der Waals surface area contributed by atoms with Gasteiger partial charge in [0.05, 0.1) is 5.56 Å². The van der Waals surface area contributed by atoms with Crippen molar-refractivity contribution < 1.29 is 18.0 Å². The van der Waals surface area contributed by atoms with E-state index < -0.39 is 17.6 Å². The van der Waals surface area contributed by atoms with Gasteiger partial charge in [-0.2, -0.15) is 13.2 Å². The summed E-state index contributed by atoms with van der Waals surface area (Å²) >= 11 is 0. The molecule has 0 heterocycles. The average molecular weight is 356 g/mol. The summed E-state index contributed by atoms with van der Waals surface area (Å²) in [4.78, 5) is 12.1. The second kappa shape index (κ2) is 7.31. The van der Waals surface area contributed by atoms with E-state index in [1.165, 1.54) is 0 Å². The fraction of sp³-hybridized carbons (Fsp3) is 0.0500. The third-order valence-corrected chi connectivity index (χ3v) is 3.68. The molecule has 0 saturated heterocycles. The maximum atomic E-state index is 12.6. The van der Waals surface area contributed by atoms with Crippen molar-refractivity contribution in [3.8, 4) is 0 Å². The Balaban J connectivity index is 1.64. The van der Waals surface area contributed by atoms with Crippen LogP contribution in [0.4, 0.5) is 30.2 Å². The van der Waals surface area contributed by atoms with Crippen LogP contribution in [0.2, 0.25) is 0 Å². The lowest BCUT2D eigenvalue weighted by Gasteiger charge is -2.10. The highest BCUT2D eigenvalue weighted by Crippen LogP contribution is 2.29. The first-order valence-electron chi connectivity index (χ1n) is 7.82. The molecule has 0 saturated carbocycles. The van der Waals surface area contributed by atoms with E-state index >= 15 is 0 Å². The Morgan fingerprint density at radius 3 is 1.81 bits per heavy atom. The zero-order valence-electron chi connectivity index (χ0n) is 13.5. The molecule has 3 nitrogen and oxygen atoms in total. The van der Waals surface area contributed by atoms with Crippen LogP contribution >= 0.6 is 0 Å². The zero-order valence-corrected chi connectivity index (χ0v) is 13.5. The smallest absolute Gasteiger partial charge is 0.356 e. The van der Waals surface area contributed by atoms with Crippen LogP contribution in [0.3, 0.4) is 0 Å². The van der Waals surface area contributed by atoms with Crippen molar-refractivity contribution in [2.24, 2.45) is 0 Å². The van der Waals surface area contributed by atoms with Crippen LogP contribution in [0, 0.1) is 0 Å². The van der Waals surface area contributed by atoms with Gasteiger partial charge in [-0.1, -0.05) is 18.2 Å². The number of para-hydroxylation sites is 1. The minimum Gasteiger partial charge on any atom is -0.356 e. The van der Waals surface area contributed by atoms with E-state index in [2.05, 4.69) is 10.6 Å². The third kappa shape index (κ3) is 4.42. The summed E-state index contributed by atoms with van der Waals surface area (Å²) in [5.41, 5.74) is 1.71. The molecular weight excluding hydrogens is 341 g/mol. The van der Waals surface area contributed by atoms with Gasteiger partial charge in [0.25, 0.3) is 5.91 Å². The first kappa shape index (κ1) is 17.5. The number of hydrogen-bond acceptors (Lipinski definition) is 2. The summed E-state index contributed by atoms with van der Waals surface area (Å²) in [6.45, 7) is 0. The predicted molar refractivity (Wildman–Crippen MR) is 95.6 cm³/mol. The normalized spacial score (nSPS) is 11.0. The lowest BCUT2D eigenvalue weighted by atomic mass is 10.1. The van der Waals surface area contributed by atoms with Crippen LogP contribution in [-0.2, 0) is 6.18 Å². The Morgan fingerprint density at radius 1 is 0.692 bits per heavy atom. The number of halogens is 3. The Morgan fingerprint density at radius 2 is 1.23 bits per heavy atom. The van der Waals surface area contributed by atoms with Crippen LogP contribution in [-0.4, -0.2) is 5.91 Å². The van der Waals surface area contributed by atoms with Gasteiger partial charge >= 0.3 is 6.18 Å². The van der Waals surface area contributed by atoms with E-state index in [1.807, 2.05) is 30.3 Å². The first-order chi connectivity index (χ1) is 12.4. The Labute approximate surface area is 148 Å². The fourth-order valence-corrected chi connectivity index (χ4v) is 2.34. The number of rotatable bonds is 4. The summed E-state index contributed by atoms with van der Waals surface area (Å²) in [7, 11) is 0. The molecule has 1 amide bonds. The summed E-state index contributed by atoms with van der Waals surface area (Å²) in [5, 5.41) is 5.88. The first-order valence-corrected chi connectivity index (χ1v) is 7.82.